The lowest BCUT2D eigenvalue weighted by Gasteiger charge is -2.36. The molecule has 9 heteroatoms. The third-order valence-electron chi connectivity index (χ3n) is 8.30. The highest BCUT2D eigenvalue weighted by Gasteiger charge is 2.32. The number of nitrogens with zero attached hydrogens (tertiary/aromatic N) is 1. The first-order valence-corrected chi connectivity index (χ1v) is 15.9. The molecule has 4 rings (SSSR count). The molecule has 0 saturated heterocycles. The van der Waals surface area contributed by atoms with Gasteiger partial charge in [-0.05, 0) is 110 Å². The van der Waals surface area contributed by atoms with E-state index in [0.717, 1.165) is 48.6 Å². The molecule has 2 amide bonds. The number of ether oxygens (including phenoxy) is 1. The van der Waals surface area contributed by atoms with Gasteiger partial charge in [0.1, 0.15) is 17.4 Å². The fourth-order valence-electron chi connectivity index (χ4n) is 6.14. The summed E-state index contributed by atoms with van der Waals surface area (Å²) in [4.78, 5) is 28.5. The van der Waals surface area contributed by atoms with E-state index in [0.29, 0.717) is 36.2 Å². The van der Waals surface area contributed by atoms with Crippen molar-refractivity contribution < 1.29 is 28.2 Å². The summed E-state index contributed by atoms with van der Waals surface area (Å²) in [6.45, 7) is 6.67. The molecule has 0 bridgehead atoms. The average Bonchev–Trinajstić information content (AvgIpc) is 3.02. The van der Waals surface area contributed by atoms with Crippen molar-refractivity contribution in [3.05, 3.63) is 99.6 Å². The fourth-order valence-corrected chi connectivity index (χ4v) is 6.14. The molecule has 3 aromatic rings. The van der Waals surface area contributed by atoms with Crippen LogP contribution in [0, 0.1) is 18.6 Å². The number of methoxy groups -OCH3 is 1. The molecular weight excluding hydrogens is 576 g/mol. The summed E-state index contributed by atoms with van der Waals surface area (Å²) in [6.07, 6.45) is 3.15. The minimum atomic E-state index is -1.07. The molecule has 0 spiro atoms. The number of carbonyl (C=O) groups excluding carboxylic acids is 2. The number of aliphatic hydroxyl groups is 1. The third kappa shape index (κ3) is 8.89. The first kappa shape index (κ1) is 34.1. The van der Waals surface area contributed by atoms with Gasteiger partial charge < -0.3 is 25.4 Å². The van der Waals surface area contributed by atoms with Crippen molar-refractivity contribution in [3.63, 3.8) is 0 Å². The maximum atomic E-state index is 14.3. The highest BCUT2D eigenvalue weighted by molar-refractivity contribution is 6.00. The van der Waals surface area contributed by atoms with Crippen LogP contribution >= 0.6 is 0 Å². The minimum absolute atomic E-state index is 0.0259. The smallest absolute Gasteiger partial charge is 0.254 e. The number of aliphatic hydroxyl groups excluding tert-OH is 1. The fraction of sp³-hybridized carbons (Fsp3) is 0.444. The normalized spacial score (nSPS) is 15.6. The zero-order chi connectivity index (χ0) is 32.5. The van der Waals surface area contributed by atoms with Crippen LogP contribution < -0.4 is 15.4 Å². The molecule has 0 radical (unpaired) electrons. The first-order chi connectivity index (χ1) is 21.6. The molecule has 3 aromatic carbocycles. The number of nitrogens with one attached hydrogen (secondary N) is 2. The molecule has 0 fully saturated rings. The van der Waals surface area contributed by atoms with Crippen LogP contribution in [-0.4, -0.2) is 60.7 Å². The van der Waals surface area contributed by atoms with Gasteiger partial charge in [-0.1, -0.05) is 19.9 Å². The number of aryl methyl sites for hydroxylation is 2. The van der Waals surface area contributed by atoms with E-state index >= 15 is 0 Å². The largest absolute Gasteiger partial charge is 0.497 e. The van der Waals surface area contributed by atoms with Gasteiger partial charge in [0.25, 0.3) is 11.8 Å². The summed E-state index contributed by atoms with van der Waals surface area (Å²) in [5.41, 5.74) is 4.11. The van der Waals surface area contributed by atoms with E-state index in [2.05, 4.69) is 16.7 Å². The Morgan fingerprint density at radius 3 is 2.44 bits per heavy atom. The second kappa shape index (κ2) is 16.0. The molecule has 3 N–H and O–H groups in total. The van der Waals surface area contributed by atoms with Crippen LogP contribution in [0.5, 0.6) is 5.75 Å². The highest BCUT2D eigenvalue weighted by atomic mass is 19.1. The van der Waals surface area contributed by atoms with Crippen molar-refractivity contribution in [2.24, 2.45) is 0 Å². The van der Waals surface area contributed by atoms with Gasteiger partial charge in [-0.15, -0.1) is 0 Å². The molecule has 1 aliphatic carbocycles. The zero-order valence-corrected chi connectivity index (χ0v) is 26.7. The number of carbonyl (C=O) groups is 2. The van der Waals surface area contributed by atoms with Crippen molar-refractivity contribution in [1.29, 1.82) is 0 Å². The molecule has 0 aromatic heterocycles. The minimum Gasteiger partial charge on any atom is -0.497 e. The lowest BCUT2D eigenvalue weighted by Crippen LogP contribution is -2.52. The quantitative estimate of drug-likeness (QED) is 0.208. The summed E-state index contributed by atoms with van der Waals surface area (Å²) >= 11 is 0. The Balaban J connectivity index is 1.65. The van der Waals surface area contributed by atoms with E-state index in [1.165, 1.54) is 17.7 Å². The van der Waals surface area contributed by atoms with Crippen LogP contribution in [0.15, 0.2) is 54.6 Å². The van der Waals surface area contributed by atoms with E-state index in [1.807, 2.05) is 32.9 Å². The lowest BCUT2D eigenvalue weighted by molar-refractivity contribution is 0.0343. The van der Waals surface area contributed by atoms with Crippen LogP contribution in [-0.2, 0) is 12.8 Å². The van der Waals surface area contributed by atoms with Crippen LogP contribution in [0.25, 0.3) is 0 Å². The number of fused-ring (bicyclic) bond motifs is 1. The van der Waals surface area contributed by atoms with Gasteiger partial charge in [0.2, 0.25) is 0 Å². The van der Waals surface area contributed by atoms with Crippen molar-refractivity contribution in [1.82, 2.24) is 15.5 Å². The van der Waals surface area contributed by atoms with Crippen molar-refractivity contribution in [2.75, 3.05) is 26.7 Å². The first-order valence-electron chi connectivity index (χ1n) is 15.9. The van der Waals surface area contributed by atoms with Gasteiger partial charge in [0, 0.05) is 42.9 Å². The number of halogens is 2. The van der Waals surface area contributed by atoms with Crippen molar-refractivity contribution >= 4 is 11.8 Å². The standard InChI is InChI=1S/C36H45F2N3O4/c1-5-12-39-35(43)26-14-23(3)15-27(19-26)36(44)41(13-6-2)33(18-24-16-28(37)20-29(38)17-24)34(42)22-40-32-9-7-8-25-10-11-30(45-4)21-31(25)32/h10-11,14-17,19-21,32-34,40,42H,5-9,12-13,18,22H2,1-4H3,(H,39,43)/t32?,33-,34+/m0/s1. The molecule has 1 unspecified atom stereocenters. The number of hydrogen-bond donors (Lipinski definition) is 3. The van der Waals surface area contributed by atoms with E-state index in [9.17, 15) is 23.5 Å². The number of benzene rings is 3. The Labute approximate surface area is 265 Å². The molecule has 3 atom stereocenters. The topological polar surface area (TPSA) is 90.9 Å². The van der Waals surface area contributed by atoms with Gasteiger partial charge in [-0.25, -0.2) is 8.78 Å². The predicted molar refractivity (Wildman–Crippen MR) is 172 cm³/mol. The summed E-state index contributed by atoms with van der Waals surface area (Å²) in [7, 11) is 1.63. The Morgan fingerprint density at radius 1 is 1.02 bits per heavy atom. The molecular formula is C36H45F2N3O4. The lowest BCUT2D eigenvalue weighted by atomic mass is 9.87. The summed E-state index contributed by atoms with van der Waals surface area (Å²) < 4.78 is 34.0. The summed E-state index contributed by atoms with van der Waals surface area (Å²) in [5.74, 6) is -1.32. The maximum Gasteiger partial charge on any atom is 0.254 e. The molecule has 45 heavy (non-hydrogen) atoms. The maximum absolute atomic E-state index is 14.3. The second-order valence-electron chi connectivity index (χ2n) is 11.9. The zero-order valence-electron chi connectivity index (χ0n) is 26.7. The molecule has 7 nitrogen and oxygen atoms in total. The number of rotatable bonds is 14. The van der Waals surface area contributed by atoms with Gasteiger partial charge in [0.05, 0.1) is 19.3 Å². The van der Waals surface area contributed by atoms with E-state index in [4.69, 9.17) is 4.74 Å². The Kier molecular flexibility index (Phi) is 12.1. The van der Waals surface area contributed by atoms with E-state index in [-0.39, 0.29) is 30.8 Å². The van der Waals surface area contributed by atoms with Gasteiger partial charge in [0.15, 0.2) is 0 Å². The van der Waals surface area contributed by atoms with Gasteiger partial charge in [-0.3, -0.25) is 9.59 Å². The van der Waals surface area contributed by atoms with Crippen LogP contribution in [0.1, 0.15) is 88.5 Å². The summed E-state index contributed by atoms with van der Waals surface area (Å²) in [6, 6.07) is 13.5. The van der Waals surface area contributed by atoms with Crippen LogP contribution in [0.4, 0.5) is 8.78 Å². The number of amides is 2. The van der Waals surface area contributed by atoms with Crippen molar-refractivity contribution in [3.8, 4) is 5.75 Å². The second-order valence-corrected chi connectivity index (χ2v) is 11.9. The Hall–Kier alpha value is -3.82. The van der Waals surface area contributed by atoms with Crippen LogP contribution in [0.3, 0.4) is 0 Å². The molecule has 1 aliphatic rings. The van der Waals surface area contributed by atoms with E-state index in [1.54, 1.807) is 30.2 Å². The van der Waals surface area contributed by atoms with E-state index < -0.39 is 23.8 Å². The summed E-state index contributed by atoms with van der Waals surface area (Å²) in [5, 5.41) is 18.1. The highest BCUT2D eigenvalue weighted by Crippen LogP contribution is 2.32. The SMILES string of the molecule is CCCNC(=O)c1cc(C)cc(C(=O)N(CCC)[C@@H](Cc2cc(F)cc(F)c2)[C@H](O)CNC2CCCc3ccc(OC)cc32)c1. The number of hydrogen-bond acceptors (Lipinski definition) is 5. The Morgan fingerprint density at radius 2 is 1.76 bits per heavy atom. The van der Waals surface area contributed by atoms with Crippen molar-refractivity contribution in [2.45, 2.75) is 77.5 Å². The average molecular weight is 622 g/mol. The predicted octanol–water partition coefficient (Wildman–Crippen LogP) is 5.91. The van der Waals surface area contributed by atoms with Crippen LogP contribution in [0.2, 0.25) is 0 Å². The molecule has 242 valence electrons. The van der Waals surface area contributed by atoms with Gasteiger partial charge in [-0.2, -0.15) is 0 Å². The Bertz CT molecular complexity index is 1460. The monoisotopic (exact) mass is 621 g/mol. The molecule has 0 saturated carbocycles. The molecule has 0 aliphatic heterocycles. The van der Waals surface area contributed by atoms with Gasteiger partial charge >= 0.3 is 0 Å². The third-order valence-corrected chi connectivity index (χ3v) is 8.30. The molecule has 0 heterocycles.